The molecule has 0 saturated heterocycles. The van der Waals surface area contributed by atoms with Crippen molar-refractivity contribution in [3.63, 3.8) is 0 Å². The summed E-state index contributed by atoms with van der Waals surface area (Å²) in [6.07, 6.45) is 0. The van der Waals surface area contributed by atoms with Crippen molar-refractivity contribution in [1.82, 2.24) is 4.98 Å². The normalized spacial score (nSPS) is 11.7. The number of rotatable bonds is 3. The number of pyridine rings is 1. The lowest BCUT2D eigenvalue weighted by Crippen LogP contribution is -2.30. The molecule has 96 valence electrons. The zero-order valence-electron chi connectivity index (χ0n) is 11.8. The van der Waals surface area contributed by atoms with Gasteiger partial charge in [-0.2, -0.15) is 0 Å². The van der Waals surface area contributed by atoms with Crippen molar-refractivity contribution in [1.29, 1.82) is 0 Å². The maximum absolute atomic E-state index is 6.04. The molecule has 0 fully saturated rings. The predicted molar refractivity (Wildman–Crippen MR) is 76.0 cm³/mol. The van der Waals surface area contributed by atoms with Crippen LogP contribution >= 0.6 is 11.6 Å². The molecule has 0 spiro atoms. The number of anilines is 1. The average molecular weight is 255 g/mol. The minimum absolute atomic E-state index is 0.248. The van der Waals surface area contributed by atoms with Gasteiger partial charge in [-0.3, -0.25) is 0 Å². The Bertz CT molecular complexity index is 394. The largest absolute Gasteiger partial charge is 0.359 e. The van der Waals surface area contributed by atoms with E-state index in [0.29, 0.717) is 5.88 Å². The molecular formula is C14H23ClN2. The van der Waals surface area contributed by atoms with Gasteiger partial charge in [0.25, 0.3) is 0 Å². The standard InChI is InChI=1S/C14H23ClN2/c1-10-7-11(2)16-13(12(10)8-15)17(6)9-14(3,4)5/h7H,8-9H2,1-6H3. The molecule has 0 atom stereocenters. The summed E-state index contributed by atoms with van der Waals surface area (Å²) in [4.78, 5) is 6.84. The summed E-state index contributed by atoms with van der Waals surface area (Å²) in [5, 5.41) is 0. The fraction of sp³-hybridized carbons (Fsp3) is 0.643. The minimum Gasteiger partial charge on any atom is -0.359 e. The monoisotopic (exact) mass is 254 g/mol. The first-order valence-corrected chi connectivity index (χ1v) is 6.52. The lowest BCUT2D eigenvalue weighted by Gasteiger charge is -2.29. The fourth-order valence-corrected chi connectivity index (χ4v) is 2.44. The van der Waals surface area contributed by atoms with Crippen LogP contribution in [-0.4, -0.2) is 18.6 Å². The van der Waals surface area contributed by atoms with Crippen LogP contribution in [-0.2, 0) is 5.88 Å². The summed E-state index contributed by atoms with van der Waals surface area (Å²) < 4.78 is 0. The Balaban J connectivity index is 3.11. The highest BCUT2D eigenvalue weighted by Crippen LogP contribution is 2.26. The molecule has 1 rings (SSSR count). The van der Waals surface area contributed by atoms with Crippen LogP contribution in [0.25, 0.3) is 0 Å². The van der Waals surface area contributed by atoms with Crippen LogP contribution in [0.3, 0.4) is 0 Å². The summed E-state index contributed by atoms with van der Waals surface area (Å²) in [5.41, 5.74) is 3.66. The van der Waals surface area contributed by atoms with Crippen molar-refractivity contribution in [3.8, 4) is 0 Å². The van der Waals surface area contributed by atoms with Gasteiger partial charge < -0.3 is 4.90 Å². The smallest absolute Gasteiger partial charge is 0.133 e. The first-order valence-electron chi connectivity index (χ1n) is 5.99. The van der Waals surface area contributed by atoms with Gasteiger partial charge in [0.15, 0.2) is 0 Å². The van der Waals surface area contributed by atoms with Crippen LogP contribution in [0.5, 0.6) is 0 Å². The zero-order chi connectivity index (χ0) is 13.2. The van der Waals surface area contributed by atoms with Crippen molar-refractivity contribution in [2.45, 2.75) is 40.5 Å². The van der Waals surface area contributed by atoms with Gasteiger partial charge in [-0.1, -0.05) is 20.8 Å². The fourth-order valence-electron chi connectivity index (χ4n) is 2.11. The third-order valence-corrected chi connectivity index (χ3v) is 2.93. The van der Waals surface area contributed by atoms with Gasteiger partial charge in [0.2, 0.25) is 0 Å². The molecule has 1 heterocycles. The van der Waals surface area contributed by atoms with E-state index in [1.165, 1.54) is 5.56 Å². The topological polar surface area (TPSA) is 16.1 Å². The zero-order valence-corrected chi connectivity index (χ0v) is 12.5. The van der Waals surface area contributed by atoms with Crippen LogP contribution in [0.4, 0.5) is 5.82 Å². The molecule has 3 heteroatoms. The number of hydrogen-bond donors (Lipinski definition) is 0. The minimum atomic E-state index is 0.248. The SMILES string of the molecule is Cc1cc(C)c(CCl)c(N(C)CC(C)(C)C)n1. The molecule has 0 N–H and O–H groups in total. The third kappa shape index (κ3) is 3.88. The average Bonchev–Trinajstić information content (AvgIpc) is 2.13. The summed E-state index contributed by atoms with van der Waals surface area (Å²) >= 11 is 6.04. The van der Waals surface area contributed by atoms with Crippen LogP contribution in [0, 0.1) is 19.3 Å². The van der Waals surface area contributed by atoms with Gasteiger partial charge in [-0.05, 0) is 30.9 Å². The molecule has 0 unspecified atom stereocenters. The molecule has 1 aromatic heterocycles. The third-order valence-electron chi connectivity index (χ3n) is 2.66. The lowest BCUT2D eigenvalue weighted by atomic mass is 9.96. The second-order valence-electron chi connectivity index (χ2n) is 5.93. The second-order valence-corrected chi connectivity index (χ2v) is 6.20. The van der Waals surface area contributed by atoms with Gasteiger partial charge in [-0.15, -0.1) is 11.6 Å². The predicted octanol–water partition coefficient (Wildman–Crippen LogP) is 3.92. The number of alkyl halides is 1. The highest BCUT2D eigenvalue weighted by Gasteiger charge is 2.18. The molecule has 0 bridgehead atoms. The van der Waals surface area contributed by atoms with Gasteiger partial charge in [0, 0.05) is 24.8 Å². The summed E-state index contributed by atoms with van der Waals surface area (Å²) in [6, 6.07) is 2.09. The maximum Gasteiger partial charge on any atom is 0.133 e. The highest BCUT2D eigenvalue weighted by atomic mass is 35.5. The Kier molecular flexibility index (Phi) is 4.42. The van der Waals surface area contributed by atoms with E-state index < -0.39 is 0 Å². The van der Waals surface area contributed by atoms with Crippen LogP contribution in [0.2, 0.25) is 0 Å². The Morgan fingerprint density at radius 3 is 2.35 bits per heavy atom. The van der Waals surface area contributed by atoms with Crippen LogP contribution < -0.4 is 4.90 Å². The molecule has 0 aliphatic carbocycles. The summed E-state index contributed by atoms with van der Waals surface area (Å²) in [6.45, 7) is 11.8. The van der Waals surface area contributed by atoms with E-state index in [1.807, 2.05) is 6.92 Å². The molecule has 0 aliphatic rings. The molecule has 1 aromatic rings. The number of aromatic nitrogens is 1. The van der Waals surface area contributed by atoms with Crippen molar-refractivity contribution in [3.05, 3.63) is 22.9 Å². The number of aryl methyl sites for hydroxylation is 2. The first-order chi connectivity index (χ1) is 7.74. The molecule has 0 aromatic carbocycles. The number of nitrogens with zero attached hydrogens (tertiary/aromatic N) is 2. The van der Waals surface area contributed by atoms with E-state index in [2.05, 4.69) is 50.7 Å². The van der Waals surface area contributed by atoms with Gasteiger partial charge in [0.1, 0.15) is 5.82 Å². The van der Waals surface area contributed by atoms with E-state index >= 15 is 0 Å². The second kappa shape index (κ2) is 5.26. The quantitative estimate of drug-likeness (QED) is 0.760. The van der Waals surface area contributed by atoms with E-state index in [4.69, 9.17) is 11.6 Å². The van der Waals surface area contributed by atoms with Gasteiger partial charge in [-0.25, -0.2) is 4.98 Å². The van der Waals surface area contributed by atoms with E-state index in [9.17, 15) is 0 Å². The highest BCUT2D eigenvalue weighted by molar-refractivity contribution is 6.17. The Morgan fingerprint density at radius 1 is 1.29 bits per heavy atom. The van der Waals surface area contributed by atoms with Crippen molar-refractivity contribution < 1.29 is 0 Å². The molecule has 0 saturated carbocycles. The Hall–Kier alpha value is -0.760. The number of hydrogen-bond acceptors (Lipinski definition) is 2. The van der Waals surface area contributed by atoms with E-state index in [0.717, 1.165) is 23.6 Å². The van der Waals surface area contributed by atoms with Crippen LogP contribution in [0.15, 0.2) is 6.07 Å². The van der Waals surface area contributed by atoms with Gasteiger partial charge >= 0.3 is 0 Å². The number of halogens is 1. The Labute approximate surface area is 110 Å². The lowest BCUT2D eigenvalue weighted by molar-refractivity contribution is 0.417. The first kappa shape index (κ1) is 14.3. The van der Waals surface area contributed by atoms with E-state index in [1.54, 1.807) is 0 Å². The molecule has 0 aliphatic heterocycles. The van der Waals surface area contributed by atoms with Crippen molar-refractivity contribution >= 4 is 17.4 Å². The van der Waals surface area contributed by atoms with E-state index in [-0.39, 0.29) is 5.41 Å². The van der Waals surface area contributed by atoms with Gasteiger partial charge in [0.05, 0.1) is 5.88 Å². The maximum atomic E-state index is 6.04. The van der Waals surface area contributed by atoms with Crippen LogP contribution in [0.1, 0.15) is 37.6 Å². The molecule has 2 nitrogen and oxygen atoms in total. The Morgan fingerprint density at radius 2 is 1.88 bits per heavy atom. The molecule has 17 heavy (non-hydrogen) atoms. The molecule has 0 amide bonds. The molecular weight excluding hydrogens is 232 g/mol. The summed E-state index contributed by atoms with van der Waals surface area (Å²) in [5.74, 6) is 1.54. The summed E-state index contributed by atoms with van der Waals surface area (Å²) in [7, 11) is 2.09. The van der Waals surface area contributed by atoms with Crippen molar-refractivity contribution in [2.24, 2.45) is 5.41 Å². The molecule has 0 radical (unpaired) electrons. The van der Waals surface area contributed by atoms with Crippen molar-refractivity contribution in [2.75, 3.05) is 18.5 Å².